The quantitative estimate of drug-likeness (QED) is 0.752. The molecule has 0 fully saturated rings. The maximum atomic E-state index is 11.4. The number of carbonyl (C=O) groups is 1. The van der Waals surface area contributed by atoms with Crippen LogP contribution in [0.15, 0.2) is 0 Å². The number of anilines is 1. The fourth-order valence-electron chi connectivity index (χ4n) is 0.756. The first-order chi connectivity index (χ1) is 5.95. The number of amides is 1. The number of rotatable bonds is 1. The second-order valence-corrected chi connectivity index (χ2v) is 4.29. The zero-order valence-electron chi connectivity index (χ0n) is 7.17. The number of aromatic hydroxyl groups is 1. The minimum absolute atomic E-state index is 0.0665. The maximum absolute atomic E-state index is 11.4. The predicted octanol–water partition coefficient (Wildman–Crippen LogP) is 1.39. The zero-order valence-corrected chi connectivity index (χ0v) is 8.74. The Hall–Kier alpha value is -0.940. The number of nitrogens with two attached hydrogens (primary N) is 1. The Kier molecular flexibility index (Phi) is 2.68. The summed E-state index contributed by atoms with van der Waals surface area (Å²) in [7, 11) is 3.18. The molecule has 1 aromatic heterocycles. The fourth-order valence-corrected chi connectivity index (χ4v) is 1.94. The van der Waals surface area contributed by atoms with E-state index >= 15 is 0 Å². The van der Waals surface area contributed by atoms with Gasteiger partial charge in [0.25, 0.3) is 5.91 Å². The van der Waals surface area contributed by atoms with E-state index < -0.39 is 0 Å². The maximum Gasteiger partial charge on any atom is 0.267 e. The number of hydrogen-bond acceptors (Lipinski definition) is 4. The van der Waals surface area contributed by atoms with Gasteiger partial charge in [0.05, 0.1) is 0 Å². The van der Waals surface area contributed by atoms with E-state index in [-0.39, 0.29) is 26.6 Å². The Labute approximate surface area is 84.5 Å². The molecule has 1 rings (SSSR count). The van der Waals surface area contributed by atoms with Crippen LogP contribution in [0.5, 0.6) is 5.75 Å². The Bertz CT molecular complexity index is 349. The van der Waals surface area contributed by atoms with Crippen molar-refractivity contribution in [3.05, 3.63) is 9.21 Å². The van der Waals surface area contributed by atoms with Gasteiger partial charge in [-0.15, -0.1) is 11.3 Å². The van der Waals surface area contributed by atoms with Gasteiger partial charge in [-0.2, -0.15) is 0 Å². The summed E-state index contributed by atoms with van der Waals surface area (Å²) in [5.41, 5.74) is 5.46. The van der Waals surface area contributed by atoms with Crippen LogP contribution >= 0.6 is 22.9 Å². The molecule has 0 atom stereocenters. The van der Waals surface area contributed by atoms with E-state index in [4.69, 9.17) is 17.3 Å². The van der Waals surface area contributed by atoms with Crippen molar-refractivity contribution in [1.29, 1.82) is 0 Å². The van der Waals surface area contributed by atoms with E-state index in [0.717, 1.165) is 11.3 Å². The van der Waals surface area contributed by atoms with E-state index in [1.165, 1.54) is 4.90 Å². The molecular formula is C7H9ClN2O2S. The molecule has 0 spiro atoms. The summed E-state index contributed by atoms with van der Waals surface area (Å²) in [6, 6.07) is 0. The number of nitrogen functional groups attached to an aromatic ring is 1. The molecule has 0 aliphatic heterocycles. The average Bonchev–Trinajstić information content (AvgIpc) is 2.31. The summed E-state index contributed by atoms with van der Waals surface area (Å²) in [4.78, 5) is 12.9. The lowest BCUT2D eigenvalue weighted by atomic mass is 10.3. The van der Waals surface area contributed by atoms with Crippen LogP contribution in [0.3, 0.4) is 0 Å². The van der Waals surface area contributed by atoms with Crippen molar-refractivity contribution in [3.8, 4) is 5.75 Å². The van der Waals surface area contributed by atoms with Crippen LogP contribution in [0.4, 0.5) is 5.69 Å². The molecule has 0 bridgehead atoms. The van der Waals surface area contributed by atoms with Gasteiger partial charge in [-0.3, -0.25) is 4.79 Å². The Balaban J connectivity index is 3.16. The Morgan fingerprint density at radius 2 is 2.15 bits per heavy atom. The topological polar surface area (TPSA) is 66.6 Å². The predicted molar refractivity (Wildman–Crippen MR) is 53.4 cm³/mol. The molecule has 1 heterocycles. The van der Waals surface area contributed by atoms with E-state index in [1.54, 1.807) is 14.1 Å². The van der Waals surface area contributed by atoms with Crippen molar-refractivity contribution in [2.75, 3.05) is 19.8 Å². The largest absolute Gasteiger partial charge is 0.504 e. The van der Waals surface area contributed by atoms with Crippen LogP contribution in [0.1, 0.15) is 9.67 Å². The zero-order chi connectivity index (χ0) is 10.2. The highest BCUT2D eigenvalue weighted by atomic mass is 35.5. The van der Waals surface area contributed by atoms with Crippen LogP contribution in [-0.2, 0) is 0 Å². The fraction of sp³-hybridized carbons (Fsp3) is 0.286. The smallest absolute Gasteiger partial charge is 0.267 e. The first kappa shape index (κ1) is 10.1. The minimum atomic E-state index is -0.305. The molecular weight excluding hydrogens is 212 g/mol. The number of thiophene rings is 1. The molecule has 0 unspecified atom stereocenters. The van der Waals surface area contributed by atoms with Crippen molar-refractivity contribution in [2.45, 2.75) is 0 Å². The summed E-state index contributed by atoms with van der Waals surface area (Å²) in [5, 5.41) is 9.39. The summed E-state index contributed by atoms with van der Waals surface area (Å²) in [6.45, 7) is 0. The summed E-state index contributed by atoms with van der Waals surface area (Å²) < 4.78 is 0.239. The van der Waals surface area contributed by atoms with Gasteiger partial charge in [-0.1, -0.05) is 11.6 Å². The van der Waals surface area contributed by atoms with Crippen molar-refractivity contribution in [3.63, 3.8) is 0 Å². The first-order valence-electron chi connectivity index (χ1n) is 3.43. The molecule has 1 aromatic rings. The van der Waals surface area contributed by atoms with Gasteiger partial charge in [0.2, 0.25) is 0 Å². The SMILES string of the molecule is CN(C)C(=O)c1sc(Cl)c(N)c1O. The number of nitrogens with zero attached hydrogens (tertiary/aromatic N) is 1. The molecule has 3 N–H and O–H groups in total. The molecule has 0 saturated carbocycles. The van der Waals surface area contributed by atoms with Gasteiger partial charge in [0.15, 0.2) is 5.75 Å². The molecule has 0 aliphatic rings. The van der Waals surface area contributed by atoms with Crippen LogP contribution in [0.25, 0.3) is 0 Å². The highest BCUT2D eigenvalue weighted by Gasteiger charge is 2.20. The van der Waals surface area contributed by atoms with Gasteiger partial charge in [-0.05, 0) is 0 Å². The van der Waals surface area contributed by atoms with Crippen LogP contribution in [0, 0.1) is 0 Å². The van der Waals surface area contributed by atoms with E-state index in [2.05, 4.69) is 0 Å². The third-order valence-electron chi connectivity index (χ3n) is 1.47. The lowest BCUT2D eigenvalue weighted by molar-refractivity contribution is 0.0829. The monoisotopic (exact) mass is 220 g/mol. The average molecular weight is 221 g/mol. The number of halogens is 1. The summed E-state index contributed by atoms with van der Waals surface area (Å²) in [6.07, 6.45) is 0. The van der Waals surface area contributed by atoms with Crippen molar-refractivity contribution in [1.82, 2.24) is 4.90 Å². The molecule has 72 valence electrons. The van der Waals surface area contributed by atoms with Gasteiger partial charge in [0.1, 0.15) is 14.9 Å². The van der Waals surface area contributed by atoms with E-state index in [1.807, 2.05) is 0 Å². The molecule has 0 saturated heterocycles. The van der Waals surface area contributed by atoms with Crippen molar-refractivity contribution in [2.24, 2.45) is 0 Å². The van der Waals surface area contributed by atoms with Gasteiger partial charge < -0.3 is 15.7 Å². The van der Waals surface area contributed by atoms with E-state index in [0.29, 0.717) is 0 Å². The molecule has 0 radical (unpaired) electrons. The molecule has 6 heteroatoms. The third-order valence-corrected chi connectivity index (χ3v) is 2.88. The molecule has 13 heavy (non-hydrogen) atoms. The molecule has 0 aliphatic carbocycles. The second kappa shape index (κ2) is 3.43. The summed E-state index contributed by atoms with van der Waals surface area (Å²) >= 11 is 6.62. The first-order valence-corrected chi connectivity index (χ1v) is 4.63. The third kappa shape index (κ3) is 1.71. The number of carbonyl (C=O) groups excluding carboxylic acids is 1. The van der Waals surface area contributed by atoms with Crippen LogP contribution in [-0.4, -0.2) is 30.0 Å². The lowest BCUT2D eigenvalue weighted by Gasteiger charge is -2.07. The number of hydrogen-bond donors (Lipinski definition) is 2. The highest BCUT2D eigenvalue weighted by molar-refractivity contribution is 7.19. The van der Waals surface area contributed by atoms with Crippen molar-refractivity contribution < 1.29 is 9.90 Å². The molecule has 0 aromatic carbocycles. The Morgan fingerprint density at radius 1 is 1.62 bits per heavy atom. The molecule has 1 amide bonds. The lowest BCUT2D eigenvalue weighted by Crippen LogP contribution is -2.20. The summed E-state index contributed by atoms with van der Waals surface area (Å²) in [5.74, 6) is -0.533. The molecule has 4 nitrogen and oxygen atoms in total. The van der Waals surface area contributed by atoms with Crippen molar-refractivity contribution >= 4 is 34.5 Å². The van der Waals surface area contributed by atoms with Crippen LogP contribution < -0.4 is 5.73 Å². The standard InChI is InChI=1S/C7H9ClN2O2S/c1-10(2)7(12)5-4(11)3(9)6(8)13-5/h11H,9H2,1-2H3. The normalized spacial score (nSPS) is 10.1. The van der Waals surface area contributed by atoms with Crippen LogP contribution in [0.2, 0.25) is 4.34 Å². The second-order valence-electron chi connectivity index (χ2n) is 2.67. The van der Waals surface area contributed by atoms with Gasteiger partial charge in [0, 0.05) is 14.1 Å². The van der Waals surface area contributed by atoms with E-state index in [9.17, 15) is 9.90 Å². The Morgan fingerprint density at radius 3 is 2.46 bits per heavy atom. The highest BCUT2D eigenvalue weighted by Crippen LogP contribution is 2.40. The van der Waals surface area contributed by atoms with Gasteiger partial charge in [-0.25, -0.2) is 0 Å². The minimum Gasteiger partial charge on any atom is -0.504 e. The van der Waals surface area contributed by atoms with Gasteiger partial charge >= 0.3 is 0 Å².